The van der Waals surface area contributed by atoms with Crippen LogP contribution in [0.2, 0.25) is 0 Å². The number of hydrogen-bond donors (Lipinski definition) is 0. The Morgan fingerprint density at radius 3 is 2.71 bits per heavy atom. The van der Waals surface area contributed by atoms with Crippen molar-refractivity contribution in [3.63, 3.8) is 0 Å². The van der Waals surface area contributed by atoms with E-state index in [2.05, 4.69) is 4.98 Å². The number of ether oxygens (including phenoxy) is 1. The molecule has 0 unspecified atom stereocenters. The Kier molecular flexibility index (Phi) is 4.61. The highest BCUT2D eigenvalue weighted by Gasteiger charge is 2.18. The Balaban J connectivity index is 1.48. The molecule has 9 heteroatoms. The molecule has 0 aliphatic heterocycles. The van der Waals surface area contributed by atoms with Gasteiger partial charge >= 0.3 is 5.97 Å². The first-order chi connectivity index (χ1) is 16.6. The van der Waals surface area contributed by atoms with Crippen molar-refractivity contribution in [3.8, 4) is 11.3 Å². The molecule has 0 bridgehead atoms. The van der Waals surface area contributed by atoms with E-state index in [1.165, 1.54) is 12.1 Å². The van der Waals surface area contributed by atoms with Crippen molar-refractivity contribution in [3.05, 3.63) is 84.2 Å². The van der Waals surface area contributed by atoms with Gasteiger partial charge in [-0.1, -0.05) is 18.2 Å². The molecule has 0 fully saturated rings. The highest BCUT2D eigenvalue weighted by atomic mass is 19.1. The standard InChI is InChI=1S/C25H18FN5O3/c1-2-33-24(32)21-12-11-17(34-21)13-30-20-6-4-3-5-18(20)22-23(30)28-25-27-19(14-31(25)29-22)15-7-9-16(26)10-8-15/h3-12,14H,2,13H2,1H3. The Morgan fingerprint density at radius 1 is 1.06 bits per heavy atom. The van der Waals surface area contributed by atoms with Gasteiger partial charge in [-0.25, -0.2) is 18.7 Å². The third-order valence-electron chi connectivity index (χ3n) is 5.59. The number of nitrogens with zero attached hydrogens (tertiary/aromatic N) is 5. The zero-order chi connectivity index (χ0) is 23.2. The molecular formula is C25H18FN5O3. The number of imidazole rings is 1. The fourth-order valence-corrected chi connectivity index (χ4v) is 4.05. The molecule has 4 heterocycles. The minimum atomic E-state index is -0.497. The van der Waals surface area contributed by atoms with E-state index in [1.807, 2.05) is 28.8 Å². The molecule has 4 aromatic heterocycles. The summed E-state index contributed by atoms with van der Waals surface area (Å²) >= 11 is 0. The van der Waals surface area contributed by atoms with Crippen LogP contribution in [-0.2, 0) is 11.3 Å². The van der Waals surface area contributed by atoms with Gasteiger partial charge in [0.05, 0.1) is 30.6 Å². The smallest absolute Gasteiger partial charge is 0.374 e. The van der Waals surface area contributed by atoms with Crippen LogP contribution in [0.4, 0.5) is 4.39 Å². The number of hydrogen-bond acceptors (Lipinski definition) is 6. The molecule has 0 saturated carbocycles. The number of carbonyl (C=O) groups is 1. The third kappa shape index (κ3) is 3.29. The van der Waals surface area contributed by atoms with Crippen LogP contribution in [0.5, 0.6) is 0 Å². The van der Waals surface area contributed by atoms with Crippen molar-refractivity contribution < 1.29 is 18.3 Å². The van der Waals surface area contributed by atoms with Gasteiger partial charge in [-0.05, 0) is 49.4 Å². The Bertz CT molecular complexity index is 1680. The van der Waals surface area contributed by atoms with Crippen molar-refractivity contribution in [2.24, 2.45) is 0 Å². The molecule has 0 aliphatic carbocycles. The van der Waals surface area contributed by atoms with Gasteiger partial charge in [0.1, 0.15) is 17.1 Å². The Hall–Kier alpha value is -4.53. The molecule has 0 atom stereocenters. The van der Waals surface area contributed by atoms with E-state index in [0.717, 1.165) is 16.5 Å². The summed E-state index contributed by atoms with van der Waals surface area (Å²) in [6.45, 7) is 2.37. The summed E-state index contributed by atoms with van der Waals surface area (Å²) in [5.74, 6) is 0.357. The zero-order valence-corrected chi connectivity index (χ0v) is 18.1. The quantitative estimate of drug-likeness (QED) is 0.345. The summed E-state index contributed by atoms with van der Waals surface area (Å²) in [5, 5.41) is 5.71. The molecule has 0 amide bonds. The lowest BCUT2D eigenvalue weighted by Crippen LogP contribution is -2.04. The fourth-order valence-electron chi connectivity index (χ4n) is 4.05. The van der Waals surface area contributed by atoms with Crippen LogP contribution in [-0.4, -0.2) is 36.7 Å². The Morgan fingerprint density at radius 2 is 1.88 bits per heavy atom. The van der Waals surface area contributed by atoms with Gasteiger partial charge in [0.2, 0.25) is 5.76 Å². The summed E-state index contributed by atoms with van der Waals surface area (Å²) in [4.78, 5) is 21.4. The van der Waals surface area contributed by atoms with E-state index < -0.39 is 5.97 Å². The van der Waals surface area contributed by atoms with Crippen LogP contribution in [0.3, 0.4) is 0 Å². The molecular weight excluding hydrogens is 437 g/mol. The van der Waals surface area contributed by atoms with Gasteiger partial charge in [-0.3, -0.25) is 0 Å². The number of fused-ring (bicyclic) bond motifs is 4. The summed E-state index contributed by atoms with van der Waals surface area (Å²) < 4.78 is 27.7. The van der Waals surface area contributed by atoms with E-state index in [1.54, 1.807) is 41.9 Å². The molecule has 168 valence electrons. The summed E-state index contributed by atoms with van der Waals surface area (Å²) in [5.41, 5.74) is 3.70. The van der Waals surface area contributed by atoms with E-state index in [-0.39, 0.29) is 18.2 Å². The lowest BCUT2D eigenvalue weighted by atomic mass is 10.2. The average Bonchev–Trinajstić information content (AvgIpc) is 3.55. The highest BCUT2D eigenvalue weighted by molar-refractivity contribution is 6.04. The van der Waals surface area contributed by atoms with Crippen LogP contribution < -0.4 is 0 Å². The van der Waals surface area contributed by atoms with Gasteiger partial charge in [0.25, 0.3) is 5.78 Å². The molecule has 0 N–H and O–H groups in total. The van der Waals surface area contributed by atoms with Gasteiger partial charge in [0.15, 0.2) is 5.65 Å². The second kappa shape index (κ2) is 7.80. The maximum atomic E-state index is 13.3. The minimum absolute atomic E-state index is 0.156. The summed E-state index contributed by atoms with van der Waals surface area (Å²) in [7, 11) is 0. The maximum Gasteiger partial charge on any atom is 0.374 e. The van der Waals surface area contributed by atoms with Gasteiger partial charge in [-0.2, -0.15) is 10.1 Å². The molecule has 0 saturated heterocycles. The first-order valence-corrected chi connectivity index (χ1v) is 10.8. The van der Waals surface area contributed by atoms with Crippen LogP contribution in [0.1, 0.15) is 23.2 Å². The molecule has 6 aromatic rings. The molecule has 2 aromatic carbocycles. The van der Waals surface area contributed by atoms with Crippen molar-refractivity contribution in [1.29, 1.82) is 0 Å². The number of aromatic nitrogens is 5. The minimum Gasteiger partial charge on any atom is -0.460 e. The maximum absolute atomic E-state index is 13.3. The molecule has 0 spiro atoms. The largest absolute Gasteiger partial charge is 0.460 e. The topological polar surface area (TPSA) is 87.5 Å². The van der Waals surface area contributed by atoms with Crippen LogP contribution in [0.25, 0.3) is 39.1 Å². The van der Waals surface area contributed by atoms with E-state index >= 15 is 0 Å². The fraction of sp³-hybridized carbons (Fsp3) is 0.120. The molecule has 0 radical (unpaired) electrons. The normalized spacial score (nSPS) is 11.6. The second-order valence-corrected chi connectivity index (χ2v) is 7.75. The predicted molar refractivity (Wildman–Crippen MR) is 123 cm³/mol. The van der Waals surface area contributed by atoms with Crippen LogP contribution in [0, 0.1) is 5.82 Å². The van der Waals surface area contributed by atoms with Crippen molar-refractivity contribution in [1.82, 2.24) is 24.1 Å². The number of para-hydroxylation sites is 1. The molecule has 34 heavy (non-hydrogen) atoms. The highest BCUT2D eigenvalue weighted by Crippen LogP contribution is 2.28. The number of furan rings is 1. The monoisotopic (exact) mass is 455 g/mol. The van der Waals surface area contributed by atoms with E-state index in [9.17, 15) is 9.18 Å². The van der Waals surface area contributed by atoms with E-state index in [0.29, 0.717) is 34.9 Å². The first kappa shape index (κ1) is 20.1. The molecule has 0 aliphatic rings. The Labute approximate surface area is 192 Å². The lowest BCUT2D eigenvalue weighted by molar-refractivity contribution is 0.0488. The summed E-state index contributed by atoms with van der Waals surface area (Å²) in [6.07, 6.45) is 1.78. The van der Waals surface area contributed by atoms with Gasteiger partial charge in [0, 0.05) is 10.9 Å². The van der Waals surface area contributed by atoms with Crippen molar-refractivity contribution in [2.45, 2.75) is 13.5 Å². The number of esters is 1. The second-order valence-electron chi connectivity index (χ2n) is 7.75. The summed E-state index contributed by atoms with van der Waals surface area (Å²) in [6, 6.07) is 17.4. The van der Waals surface area contributed by atoms with Gasteiger partial charge < -0.3 is 13.7 Å². The third-order valence-corrected chi connectivity index (χ3v) is 5.59. The molecule has 6 rings (SSSR count). The molecule has 8 nitrogen and oxygen atoms in total. The number of rotatable bonds is 5. The van der Waals surface area contributed by atoms with Crippen molar-refractivity contribution >= 4 is 33.8 Å². The van der Waals surface area contributed by atoms with Crippen molar-refractivity contribution in [2.75, 3.05) is 6.61 Å². The number of halogens is 1. The van der Waals surface area contributed by atoms with Gasteiger partial charge in [-0.15, -0.1) is 0 Å². The lowest BCUT2D eigenvalue weighted by Gasteiger charge is -2.04. The van der Waals surface area contributed by atoms with E-state index in [4.69, 9.17) is 19.2 Å². The van der Waals surface area contributed by atoms with Crippen LogP contribution in [0.15, 0.2) is 71.3 Å². The zero-order valence-electron chi connectivity index (χ0n) is 18.1. The predicted octanol–water partition coefficient (Wildman–Crippen LogP) is 4.86. The van der Waals surface area contributed by atoms with Crippen LogP contribution >= 0.6 is 0 Å². The number of carbonyl (C=O) groups excluding carboxylic acids is 1. The number of benzene rings is 2. The average molecular weight is 455 g/mol. The first-order valence-electron chi connectivity index (χ1n) is 10.8. The SMILES string of the molecule is CCOC(=O)c1ccc(Cn2c3ccccc3c3nn4cc(-c5ccc(F)cc5)nc4nc32)o1.